The maximum atomic E-state index is 12.9. The standard InChI is InChI=1S/C12H10BrF3N2O3S/c1-18-11(9(6-19)10(17-18)12(14,15)16)22(20,21)8-4-2-7(13)3-5-8/h2-5,19H,6H2,1H3. The zero-order chi connectivity index (χ0) is 16.7. The number of aliphatic hydroxyl groups excluding tert-OH is 1. The van der Waals surface area contributed by atoms with Gasteiger partial charge in [0.05, 0.1) is 11.5 Å². The van der Waals surface area contributed by atoms with E-state index in [0.29, 0.717) is 9.15 Å². The van der Waals surface area contributed by atoms with Gasteiger partial charge in [-0.2, -0.15) is 18.3 Å². The Morgan fingerprint density at radius 1 is 1.27 bits per heavy atom. The van der Waals surface area contributed by atoms with Crippen molar-refractivity contribution in [2.24, 2.45) is 7.05 Å². The Morgan fingerprint density at radius 3 is 2.27 bits per heavy atom. The minimum Gasteiger partial charge on any atom is -0.391 e. The van der Waals surface area contributed by atoms with Crippen molar-refractivity contribution in [1.29, 1.82) is 0 Å². The predicted molar refractivity (Wildman–Crippen MR) is 73.7 cm³/mol. The van der Waals surface area contributed by atoms with Gasteiger partial charge in [0.15, 0.2) is 10.7 Å². The topological polar surface area (TPSA) is 72.2 Å². The maximum Gasteiger partial charge on any atom is 0.435 e. The lowest BCUT2D eigenvalue weighted by Crippen LogP contribution is -2.11. The van der Waals surface area contributed by atoms with Crippen molar-refractivity contribution in [1.82, 2.24) is 9.78 Å². The van der Waals surface area contributed by atoms with Crippen LogP contribution in [0.4, 0.5) is 13.2 Å². The molecule has 0 fully saturated rings. The van der Waals surface area contributed by atoms with Crippen LogP contribution in [-0.2, 0) is 29.7 Å². The highest BCUT2D eigenvalue weighted by molar-refractivity contribution is 9.10. The van der Waals surface area contributed by atoms with Crippen LogP contribution < -0.4 is 0 Å². The fourth-order valence-corrected chi connectivity index (χ4v) is 3.84. The van der Waals surface area contributed by atoms with Gasteiger partial charge in [-0.3, -0.25) is 4.68 Å². The summed E-state index contributed by atoms with van der Waals surface area (Å²) < 4.78 is 65.0. The van der Waals surface area contributed by atoms with Gasteiger partial charge in [-0.05, 0) is 24.3 Å². The smallest absolute Gasteiger partial charge is 0.391 e. The minimum absolute atomic E-state index is 0.192. The monoisotopic (exact) mass is 398 g/mol. The van der Waals surface area contributed by atoms with Crippen LogP contribution in [0.25, 0.3) is 0 Å². The quantitative estimate of drug-likeness (QED) is 0.861. The Labute approximate surface area is 132 Å². The molecule has 2 rings (SSSR count). The summed E-state index contributed by atoms with van der Waals surface area (Å²) >= 11 is 3.14. The Morgan fingerprint density at radius 2 is 1.82 bits per heavy atom. The Kier molecular flexibility index (Phi) is 4.37. The molecule has 1 N–H and O–H groups in total. The largest absolute Gasteiger partial charge is 0.435 e. The SMILES string of the molecule is Cn1nc(C(F)(F)F)c(CO)c1S(=O)(=O)c1ccc(Br)cc1. The van der Waals surface area contributed by atoms with Crippen molar-refractivity contribution >= 4 is 25.8 Å². The first-order valence-corrected chi connectivity index (χ1v) is 8.11. The third-order valence-corrected chi connectivity index (χ3v) is 5.33. The molecule has 10 heteroatoms. The second kappa shape index (κ2) is 5.67. The van der Waals surface area contributed by atoms with Crippen LogP contribution in [0.5, 0.6) is 0 Å². The molecule has 0 aliphatic carbocycles. The molecule has 0 saturated heterocycles. The van der Waals surface area contributed by atoms with Crippen LogP contribution in [0.15, 0.2) is 38.7 Å². The van der Waals surface area contributed by atoms with E-state index in [9.17, 15) is 26.7 Å². The third-order valence-electron chi connectivity index (χ3n) is 2.89. The number of halogens is 4. The number of benzene rings is 1. The molecule has 0 unspecified atom stereocenters. The summed E-state index contributed by atoms with van der Waals surface area (Å²) in [5.74, 6) is 0. The van der Waals surface area contributed by atoms with E-state index in [1.165, 1.54) is 24.3 Å². The summed E-state index contributed by atoms with van der Waals surface area (Å²) in [6.07, 6.45) is -4.86. The van der Waals surface area contributed by atoms with Gasteiger partial charge >= 0.3 is 6.18 Å². The fraction of sp³-hybridized carbons (Fsp3) is 0.250. The van der Waals surface area contributed by atoms with Crippen LogP contribution >= 0.6 is 15.9 Å². The average molecular weight is 399 g/mol. The lowest BCUT2D eigenvalue weighted by atomic mass is 10.2. The molecule has 5 nitrogen and oxygen atoms in total. The normalized spacial score (nSPS) is 12.6. The zero-order valence-corrected chi connectivity index (χ0v) is 13.5. The second-order valence-electron chi connectivity index (χ2n) is 4.37. The molecule has 0 radical (unpaired) electrons. The molecular formula is C12H10BrF3N2O3S. The van der Waals surface area contributed by atoms with E-state index >= 15 is 0 Å². The van der Waals surface area contributed by atoms with Crippen LogP contribution in [0.2, 0.25) is 0 Å². The molecule has 22 heavy (non-hydrogen) atoms. The van der Waals surface area contributed by atoms with Crippen molar-refractivity contribution in [3.63, 3.8) is 0 Å². The highest BCUT2D eigenvalue weighted by Crippen LogP contribution is 2.35. The molecule has 0 aliphatic rings. The van der Waals surface area contributed by atoms with Gasteiger partial charge in [0, 0.05) is 17.1 Å². The molecule has 0 aliphatic heterocycles. The van der Waals surface area contributed by atoms with E-state index in [4.69, 9.17) is 0 Å². The average Bonchev–Trinajstić information content (AvgIpc) is 2.76. The molecular weight excluding hydrogens is 389 g/mol. The van der Waals surface area contributed by atoms with Crippen molar-refractivity contribution in [3.05, 3.63) is 40.0 Å². The van der Waals surface area contributed by atoms with E-state index in [2.05, 4.69) is 21.0 Å². The van der Waals surface area contributed by atoms with Crippen molar-refractivity contribution < 1.29 is 26.7 Å². The van der Waals surface area contributed by atoms with E-state index in [-0.39, 0.29) is 4.90 Å². The first-order chi connectivity index (χ1) is 10.1. The molecule has 2 aromatic rings. The number of aliphatic hydroxyl groups is 1. The van der Waals surface area contributed by atoms with Crippen LogP contribution in [0.3, 0.4) is 0 Å². The summed E-state index contributed by atoms with van der Waals surface area (Å²) in [5.41, 5.74) is -2.17. The van der Waals surface area contributed by atoms with Crippen LogP contribution in [0.1, 0.15) is 11.3 Å². The second-order valence-corrected chi connectivity index (χ2v) is 7.15. The number of hydrogen-bond donors (Lipinski definition) is 1. The molecule has 1 aromatic heterocycles. The number of hydrogen-bond acceptors (Lipinski definition) is 4. The highest BCUT2D eigenvalue weighted by Gasteiger charge is 2.41. The van der Waals surface area contributed by atoms with E-state index in [1.54, 1.807) is 0 Å². The van der Waals surface area contributed by atoms with Gasteiger partial charge in [-0.15, -0.1) is 0 Å². The summed E-state index contributed by atoms with van der Waals surface area (Å²) in [6, 6.07) is 5.40. The molecule has 1 heterocycles. The molecule has 1 aromatic carbocycles. The van der Waals surface area contributed by atoms with Crippen molar-refractivity contribution in [2.75, 3.05) is 0 Å². The third kappa shape index (κ3) is 2.90. The van der Waals surface area contributed by atoms with Crippen molar-refractivity contribution in [3.8, 4) is 0 Å². The Bertz CT molecular complexity index is 798. The van der Waals surface area contributed by atoms with Gasteiger partial charge < -0.3 is 5.11 Å². The Hall–Kier alpha value is -1.39. The van der Waals surface area contributed by atoms with Crippen molar-refractivity contribution in [2.45, 2.75) is 22.7 Å². The molecule has 0 spiro atoms. The summed E-state index contributed by atoms with van der Waals surface area (Å²) in [4.78, 5) is -0.192. The van der Waals surface area contributed by atoms with Gasteiger partial charge in [0.1, 0.15) is 0 Å². The number of sulfone groups is 1. The maximum absolute atomic E-state index is 12.9. The summed E-state index contributed by atoms with van der Waals surface area (Å²) in [7, 11) is -3.17. The lowest BCUT2D eigenvalue weighted by Gasteiger charge is -2.08. The van der Waals surface area contributed by atoms with Crippen LogP contribution in [0, 0.1) is 0 Å². The summed E-state index contributed by atoms with van der Waals surface area (Å²) in [6.45, 7) is -1.09. The number of rotatable bonds is 3. The molecule has 0 amide bonds. The zero-order valence-electron chi connectivity index (χ0n) is 11.1. The number of aryl methyl sites for hydroxylation is 1. The molecule has 0 saturated carbocycles. The number of aromatic nitrogens is 2. The van der Waals surface area contributed by atoms with E-state index < -0.39 is 38.9 Å². The fourth-order valence-electron chi connectivity index (χ4n) is 1.98. The first-order valence-electron chi connectivity index (χ1n) is 5.83. The van der Waals surface area contributed by atoms with E-state index in [0.717, 1.165) is 7.05 Å². The van der Waals surface area contributed by atoms with Gasteiger partial charge in [-0.25, -0.2) is 8.42 Å². The number of alkyl halides is 3. The van der Waals surface area contributed by atoms with Crippen LogP contribution in [-0.4, -0.2) is 23.3 Å². The van der Waals surface area contributed by atoms with Gasteiger partial charge in [0.2, 0.25) is 9.84 Å². The first kappa shape index (κ1) is 17.0. The predicted octanol–water partition coefficient (Wildman–Crippen LogP) is 2.53. The van der Waals surface area contributed by atoms with E-state index in [1.807, 2.05) is 0 Å². The molecule has 120 valence electrons. The molecule has 0 bridgehead atoms. The molecule has 0 atom stereocenters. The lowest BCUT2D eigenvalue weighted by molar-refractivity contribution is -0.142. The van der Waals surface area contributed by atoms with Gasteiger partial charge in [-0.1, -0.05) is 15.9 Å². The highest BCUT2D eigenvalue weighted by atomic mass is 79.9. The summed E-state index contributed by atoms with van der Waals surface area (Å²) in [5, 5.41) is 11.7. The minimum atomic E-state index is -4.86. The number of nitrogens with zero attached hydrogens (tertiary/aromatic N) is 2. The Balaban J connectivity index is 2.71. The van der Waals surface area contributed by atoms with Gasteiger partial charge in [0.25, 0.3) is 0 Å².